The minimum Gasteiger partial charge on any atom is -0.481 e. The highest BCUT2D eigenvalue weighted by atomic mass is 32.1. The van der Waals surface area contributed by atoms with E-state index >= 15 is 0 Å². The molecule has 0 spiro atoms. The third kappa shape index (κ3) is 4.25. The van der Waals surface area contributed by atoms with Crippen molar-refractivity contribution in [3.05, 3.63) is 10.0 Å². The van der Waals surface area contributed by atoms with Gasteiger partial charge in [0.05, 0.1) is 12.5 Å². The van der Waals surface area contributed by atoms with Crippen LogP contribution in [-0.4, -0.2) is 27.2 Å². The predicted octanol–water partition coefficient (Wildman–Crippen LogP) is 2.34. The Morgan fingerprint density at radius 1 is 1.18 bits per heavy atom. The Balaban J connectivity index is 1.81. The lowest BCUT2D eigenvalue weighted by molar-refractivity contribution is -0.144. The van der Waals surface area contributed by atoms with Gasteiger partial charge in [-0.05, 0) is 25.7 Å². The van der Waals surface area contributed by atoms with E-state index in [0.717, 1.165) is 10.0 Å². The van der Waals surface area contributed by atoms with E-state index in [4.69, 9.17) is 5.11 Å². The molecule has 1 saturated carbocycles. The lowest BCUT2D eigenvalue weighted by Crippen LogP contribution is -2.34. The summed E-state index contributed by atoms with van der Waals surface area (Å²) in [7, 11) is 0. The molecule has 2 rings (SSSR count). The van der Waals surface area contributed by atoms with E-state index in [1.54, 1.807) is 0 Å². The molecule has 0 bridgehead atoms. The average Bonchev–Trinajstić information content (AvgIpc) is 2.94. The minimum absolute atomic E-state index is 0.00338. The van der Waals surface area contributed by atoms with Gasteiger partial charge in [-0.2, -0.15) is 0 Å². The maximum Gasteiger partial charge on any atom is 0.306 e. The van der Waals surface area contributed by atoms with E-state index in [9.17, 15) is 9.59 Å². The second kappa shape index (κ2) is 6.73. The molecule has 1 amide bonds. The normalized spacial score (nSPS) is 22.3. The quantitative estimate of drug-likeness (QED) is 0.886. The summed E-state index contributed by atoms with van der Waals surface area (Å²) < 4.78 is 0. The molecule has 1 aromatic rings. The summed E-state index contributed by atoms with van der Waals surface area (Å²) in [5.74, 6) is -1.12. The Morgan fingerprint density at radius 3 is 2.27 bits per heavy atom. The van der Waals surface area contributed by atoms with Crippen molar-refractivity contribution in [2.45, 2.75) is 58.4 Å². The highest BCUT2D eigenvalue weighted by Crippen LogP contribution is 2.29. The van der Waals surface area contributed by atoms with Crippen molar-refractivity contribution in [2.24, 2.45) is 11.8 Å². The molecule has 1 aromatic heterocycles. The number of aliphatic carboxylic acids is 1. The van der Waals surface area contributed by atoms with Crippen LogP contribution < -0.4 is 5.32 Å². The van der Waals surface area contributed by atoms with Crippen molar-refractivity contribution < 1.29 is 14.7 Å². The molecule has 22 heavy (non-hydrogen) atoms. The van der Waals surface area contributed by atoms with Gasteiger partial charge >= 0.3 is 5.97 Å². The van der Waals surface area contributed by atoms with Gasteiger partial charge in [-0.25, -0.2) is 0 Å². The molecule has 0 saturated heterocycles. The Morgan fingerprint density at radius 2 is 1.77 bits per heavy atom. The fourth-order valence-corrected chi connectivity index (χ4v) is 3.37. The number of nitrogens with zero attached hydrogens (tertiary/aromatic N) is 2. The number of hydrogen-bond acceptors (Lipinski definition) is 5. The molecule has 1 fully saturated rings. The maximum absolute atomic E-state index is 12.1. The summed E-state index contributed by atoms with van der Waals surface area (Å²) in [5.41, 5.74) is -0.0326. The minimum atomic E-state index is -0.748. The topological polar surface area (TPSA) is 92.2 Å². The summed E-state index contributed by atoms with van der Waals surface area (Å²) in [6.45, 7) is 6.63. The monoisotopic (exact) mass is 325 g/mol. The van der Waals surface area contributed by atoms with Crippen molar-refractivity contribution in [3.8, 4) is 0 Å². The number of carbonyl (C=O) groups is 2. The Kier molecular flexibility index (Phi) is 5.16. The fourth-order valence-electron chi connectivity index (χ4n) is 2.54. The fraction of sp³-hybridized carbons (Fsp3) is 0.733. The molecule has 2 N–H and O–H groups in total. The number of carboxylic acids is 1. The molecular weight excluding hydrogens is 302 g/mol. The highest BCUT2D eigenvalue weighted by molar-refractivity contribution is 7.11. The summed E-state index contributed by atoms with van der Waals surface area (Å²) >= 11 is 1.52. The first-order valence-corrected chi connectivity index (χ1v) is 8.42. The number of nitrogens with one attached hydrogen (secondary N) is 1. The lowest BCUT2D eigenvalue weighted by atomic mass is 9.81. The van der Waals surface area contributed by atoms with Crippen LogP contribution in [0.2, 0.25) is 0 Å². The van der Waals surface area contributed by atoms with E-state index in [0.29, 0.717) is 32.2 Å². The van der Waals surface area contributed by atoms with E-state index in [2.05, 4.69) is 36.3 Å². The zero-order valence-electron chi connectivity index (χ0n) is 13.3. The van der Waals surface area contributed by atoms with Gasteiger partial charge < -0.3 is 10.4 Å². The van der Waals surface area contributed by atoms with Crippen LogP contribution in [0.15, 0.2) is 0 Å². The molecular formula is C15H23N3O3S. The van der Waals surface area contributed by atoms with E-state index in [-0.39, 0.29) is 23.2 Å². The third-order valence-electron chi connectivity index (χ3n) is 3.97. The van der Waals surface area contributed by atoms with Crippen LogP contribution >= 0.6 is 11.3 Å². The molecule has 7 heteroatoms. The Labute approximate surface area is 134 Å². The van der Waals surface area contributed by atoms with Gasteiger partial charge in [-0.3, -0.25) is 9.59 Å². The highest BCUT2D eigenvalue weighted by Gasteiger charge is 2.29. The van der Waals surface area contributed by atoms with Crippen LogP contribution in [0, 0.1) is 11.8 Å². The summed E-state index contributed by atoms with van der Waals surface area (Å²) in [6, 6.07) is 0. The van der Waals surface area contributed by atoms with E-state index in [1.165, 1.54) is 11.3 Å². The number of carboxylic acid groups (broad SMARTS) is 1. The molecule has 1 aliphatic rings. The number of rotatable bonds is 4. The molecule has 0 atom stereocenters. The zero-order chi connectivity index (χ0) is 16.3. The van der Waals surface area contributed by atoms with Gasteiger partial charge in [0.25, 0.3) is 0 Å². The maximum atomic E-state index is 12.1. The lowest BCUT2D eigenvalue weighted by Gasteiger charge is -2.25. The van der Waals surface area contributed by atoms with Gasteiger partial charge in [-0.15, -0.1) is 10.2 Å². The van der Waals surface area contributed by atoms with E-state index < -0.39 is 5.97 Å². The van der Waals surface area contributed by atoms with E-state index in [1.807, 2.05) is 0 Å². The van der Waals surface area contributed by atoms with Crippen LogP contribution in [0.5, 0.6) is 0 Å². The average molecular weight is 325 g/mol. The molecule has 6 nitrogen and oxygen atoms in total. The van der Waals surface area contributed by atoms with Crippen molar-refractivity contribution in [2.75, 3.05) is 0 Å². The smallest absolute Gasteiger partial charge is 0.306 e. The van der Waals surface area contributed by atoms with Crippen molar-refractivity contribution in [3.63, 3.8) is 0 Å². The first-order valence-electron chi connectivity index (χ1n) is 7.60. The van der Waals surface area contributed by atoms with Gasteiger partial charge in [0.2, 0.25) is 5.91 Å². The predicted molar refractivity (Wildman–Crippen MR) is 83.5 cm³/mol. The summed E-state index contributed by atoms with van der Waals surface area (Å²) in [4.78, 5) is 23.1. The molecule has 0 unspecified atom stereocenters. The van der Waals surface area contributed by atoms with Crippen molar-refractivity contribution in [1.29, 1.82) is 0 Å². The van der Waals surface area contributed by atoms with Crippen LogP contribution in [0.4, 0.5) is 0 Å². The first-order chi connectivity index (χ1) is 10.3. The third-order valence-corrected chi connectivity index (χ3v) is 5.32. The first kappa shape index (κ1) is 16.9. The number of hydrogen-bond donors (Lipinski definition) is 2. The van der Waals surface area contributed by atoms with Crippen LogP contribution in [0.3, 0.4) is 0 Å². The SMILES string of the molecule is CC(C)(C)c1nnc(CNC(=O)C2CCC(C(=O)O)CC2)s1. The molecule has 122 valence electrons. The van der Waals surface area contributed by atoms with Crippen molar-refractivity contribution >= 4 is 23.2 Å². The number of amides is 1. The molecule has 0 aromatic carbocycles. The second-order valence-corrected chi connectivity index (χ2v) is 7.92. The van der Waals surface area contributed by atoms with Gasteiger partial charge in [0, 0.05) is 11.3 Å². The largest absolute Gasteiger partial charge is 0.481 e. The molecule has 1 heterocycles. The Hall–Kier alpha value is -1.50. The summed E-state index contributed by atoms with van der Waals surface area (Å²) in [6.07, 6.45) is 2.46. The second-order valence-electron chi connectivity index (χ2n) is 6.86. The number of carbonyl (C=O) groups excluding carboxylic acids is 1. The summed E-state index contributed by atoms with van der Waals surface area (Å²) in [5, 5.41) is 21.9. The van der Waals surface area contributed by atoms with Gasteiger partial charge in [0.1, 0.15) is 10.0 Å². The van der Waals surface area contributed by atoms with Crippen LogP contribution in [-0.2, 0) is 21.5 Å². The molecule has 1 aliphatic carbocycles. The van der Waals surface area contributed by atoms with Crippen molar-refractivity contribution in [1.82, 2.24) is 15.5 Å². The van der Waals surface area contributed by atoms with Gasteiger partial charge in [0.15, 0.2) is 0 Å². The van der Waals surface area contributed by atoms with Gasteiger partial charge in [-0.1, -0.05) is 32.1 Å². The molecule has 0 aliphatic heterocycles. The molecule has 0 radical (unpaired) electrons. The van der Waals surface area contributed by atoms with Crippen LogP contribution in [0.1, 0.15) is 56.5 Å². The Bertz CT molecular complexity index is 542. The standard InChI is InChI=1S/C15H23N3O3S/c1-15(2,3)14-18-17-11(22-14)8-16-12(19)9-4-6-10(7-5-9)13(20)21/h9-10H,4-8H2,1-3H3,(H,16,19)(H,20,21). The number of aromatic nitrogens is 2. The zero-order valence-corrected chi connectivity index (χ0v) is 14.1. The van der Waals surface area contributed by atoms with Crippen LogP contribution in [0.25, 0.3) is 0 Å².